The second kappa shape index (κ2) is 9.33. The lowest BCUT2D eigenvalue weighted by atomic mass is 10.4. The highest BCUT2D eigenvalue weighted by Crippen LogP contribution is 1.94. The number of aliphatic imine (C=N–C) groups is 1. The first-order valence-electron chi connectivity index (χ1n) is 6.76. The fourth-order valence-corrected chi connectivity index (χ4v) is 1.69. The van der Waals surface area contributed by atoms with Gasteiger partial charge in [0.15, 0.2) is 5.96 Å². The molecule has 0 atom stereocenters. The van der Waals surface area contributed by atoms with Crippen molar-refractivity contribution in [3.8, 4) is 0 Å². The maximum Gasteiger partial charge on any atom is 0.191 e. The number of guanidine groups is 1. The van der Waals surface area contributed by atoms with Crippen LogP contribution >= 0.6 is 0 Å². The molecule has 0 aliphatic rings. The van der Waals surface area contributed by atoms with E-state index in [1.807, 2.05) is 17.8 Å². The maximum atomic E-state index is 5.05. The van der Waals surface area contributed by atoms with Crippen LogP contribution in [0.2, 0.25) is 0 Å². The minimum absolute atomic E-state index is 0.704. The summed E-state index contributed by atoms with van der Waals surface area (Å²) in [5.74, 6) is 0.798. The smallest absolute Gasteiger partial charge is 0.191 e. The molecule has 1 aromatic rings. The van der Waals surface area contributed by atoms with Gasteiger partial charge in [0.05, 0.1) is 18.8 Å². The van der Waals surface area contributed by atoms with Crippen molar-refractivity contribution in [1.29, 1.82) is 0 Å². The number of aryl methyl sites for hydroxylation is 1. The standard InChI is InChI=1S/C13H26N6O/c1-14-13(15-7-8-18(2)9-10-20-4)16-11-12-5-6-17-19(12)3/h5-6H,7-11H2,1-4H3,(H2,14,15,16). The summed E-state index contributed by atoms with van der Waals surface area (Å²) < 4.78 is 6.89. The molecule has 0 unspecified atom stereocenters. The Hall–Kier alpha value is -1.60. The summed E-state index contributed by atoms with van der Waals surface area (Å²) in [6.45, 7) is 4.17. The van der Waals surface area contributed by atoms with Crippen LogP contribution in [-0.4, -0.2) is 68.1 Å². The van der Waals surface area contributed by atoms with Crippen molar-refractivity contribution in [2.45, 2.75) is 6.54 Å². The summed E-state index contributed by atoms with van der Waals surface area (Å²) in [6.07, 6.45) is 1.79. The molecule has 0 spiro atoms. The van der Waals surface area contributed by atoms with Gasteiger partial charge in [-0.05, 0) is 13.1 Å². The molecule has 0 saturated carbocycles. The summed E-state index contributed by atoms with van der Waals surface area (Å²) >= 11 is 0. The van der Waals surface area contributed by atoms with Gasteiger partial charge < -0.3 is 20.3 Å². The third-order valence-corrected chi connectivity index (χ3v) is 3.05. The summed E-state index contributed by atoms with van der Waals surface area (Å²) in [7, 11) is 7.49. The van der Waals surface area contributed by atoms with Crippen LogP contribution in [-0.2, 0) is 18.3 Å². The summed E-state index contributed by atoms with van der Waals surface area (Å²) in [5.41, 5.74) is 1.12. The molecule has 0 aliphatic carbocycles. The lowest BCUT2D eigenvalue weighted by Gasteiger charge is -2.17. The molecule has 7 nitrogen and oxygen atoms in total. The largest absolute Gasteiger partial charge is 0.383 e. The Kier molecular flexibility index (Phi) is 7.67. The van der Waals surface area contributed by atoms with Crippen LogP contribution in [0.1, 0.15) is 5.69 Å². The highest BCUT2D eigenvalue weighted by Gasteiger charge is 2.02. The van der Waals surface area contributed by atoms with Crippen molar-refractivity contribution in [2.75, 3.05) is 47.4 Å². The lowest BCUT2D eigenvalue weighted by molar-refractivity contribution is 0.162. The maximum absolute atomic E-state index is 5.05. The summed E-state index contributed by atoms with van der Waals surface area (Å²) in [5, 5.41) is 10.7. The van der Waals surface area contributed by atoms with Crippen LogP contribution in [0.4, 0.5) is 0 Å². The first-order chi connectivity index (χ1) is 9.67. The molecule has 2 N–H and O–H groups in total. The predicted molar refractivity (Wildman–Crippen MR) is 80.8 cm³/mol. The highest BCUT2D eigenvalue weighted by atomic mass is 16.5. The molecule has 1 aromatic heterocycles. The topological polar surface area (TPSA) is 66.7 Å². The number of hydrogen-bond acceptors (Lipinski definition) is 4. The summed E-state index contributed by atoms with van der Waals surface area (Å²) in [4.78, 5) is 6.41. The van der Waals surface area contributed by atoms with E-state index in [1.54, 1.807) is 20.4 Å². The fraction of sp³-hybridized carbons (Fsp3) is 0.692. The van der Waals surface area contributed by atoms with E-state index in [1.165, 1.54) is 0 Å². The van der Waals surface area contributed by atoms with E-state index in [9.17, 15) is 0 Å². The first-order valence-corrected chi connectivity index (χ1v) is 6.76. The van der Waals surface area contributed by atoms with Crippen molar-refractivity contribution >= 4 is 5.96 Å². The van der Waals surface area contributed by atoms with Gasteiger partial charge in [0.2, 0.25) is 0 Å². The van der Waals surface area contributed by atoms with E-state index in [0.29, 0.717) is 6.54 Å². The van der Waals surface area contributed by atoms with Crippen LogP contribution in [0, 0.1) is 0 Å². The van der Waals surface area contributed by atoms with Crippen LogP contribution in [0.3, 0.4) is 0 Å². The Labute approximate surface area is 121 Å². The quantitative estimate of drug-likeness (QED) is 0.504. The average Bonchev–Trinajstić information content (AvgIpc) is 2.85. The molecule has 0 saturated heterocycles. The molecule has 7 heteroatoms. The van der Waals surface area contributed by atoms with Crippen LogP contribution in [0.25, 0.3) is 0 Å². The van der Waals surface area contributed by atoms with Gasteiger partial charge in [-0.25, -0.2) is 0 Å². The fourth-order valence-electron chi connectivity index (χ4n) is 1.69. The van der Waals surface area contributed by atoms with E-state index >= 15 is 0 Å². The number of nitrogens with zero attached hydrogens (tertiary/aromatic N) is 4. The third kappa shape index (κ3) is 6.03. The Balaban J connectivity index is 2.22. The number of likely N-dealkylation sites (N-methyl/N-ethyl adjacent to an activating group) is 1. The molecule has 1 heterocycles. The van der Waals surface area contributed by atoms with Gasteiger partial charge in [-0.2, -0.15) is 5.10 Å². The number of methoxy groups -OCH3 is 1. The second-order valence-electron chi connectivity index (χ2n) is 4.59. The van der Waals surface area contributed by atoms with E-state index < -0.39 is 0 Å². The molecular formula is C13H26N6O. The molecule has 0 aliphatic heterocycles. The Bertz CT molecular complexity index is 403. The monoisotopic (exact) mass is 282 g/mol. The zero-order valence-electron chi connectivity index (χ0n) is 12.9. The van der Waals surface area contributed by atoms with Crippen molar-refractivity contribution in [1.82, 2.24) is 25.3 Å². The van der Waals surface area contributed by atoms with E-state index in [0.717, 1.165) is 37.9 Å². The first kappa shape index (κ1) is 16.5. The summed E-state index contributed by atoms with van der Waals surface area (Å²) in [6, 6.07) is 1.98. The molecule has 0 bridgehead atoms. The van der Waals surface area contributed by atoms with Gasteiger partial charge in [0, 0.05) is 47.0 Å². The molecule has 20 heavy (non-hydrogen) atoms. The molecule has 0 aromatic carbocycles. The van der Waals surface area contributed by atoms with Crippen LogP contribution in [0.15, 0.2) is 17.3 Å². The van der Waals surface area contributed by atoms with Gasteiger partial charge in [-0.15, -0.1) is 0 Å². The molecule has 0 amide bonds. The predicted octanol–water partition coefficient (Wildman–Crippen LogP) is -0.337. The normalized spacial score (nSPS) is 11.9. The van der Waals surface area contributed by atoms with Crippen LogP contribution in [0.5, 0.6) is 0 Å². The highest BCUT2D eigenvalue weighted by molar-refractivity contribution is 5.79. The molecule has 1 rings (SSSR count). The molecular weight excluding hydrogens is 256 g/mol. The zero-order chi connectivity index (χ0) is 14.8. The van der Waals surface area contributed by atoms with E-state index in [-0.39, 0.29) is 0 Å². The minimum atomic E-state index is 0.704. The molecule has 114 valence electrons. The Morgan fingerprint density at radius 1 is 1.45 bits per heavy atom. The van der Waals surface area contributed by atoms with Gasteiger partial charge >= 0.3 is 0 Å². The number of nitrogens with one attached hydrogen (secondary N) is 2. The number of ether oxygens (including phenoxy) is 1. The van der Waals surface area contributed by atoms with Crippen LogP contribution < -0.4 is 10.6 Å². The van der Waals surface area contributed by atoms with Crippen molar-refractivity contribution in [2.24, 2.45) is 12.0 Å². The number of aromatic nitrogens is 2. The lowest BCUT2D eigenvalue weighted by Crippen LogP contribution is -2.41. The van der Waals surface area contributed by atoms with Crippen molar-refractivity contribution in [3.63, 3.8) is 0 Å². The minimum Gasteiger partial charge on any atom is -0.383 e. The number of hydrogen-bond donors (Lipinski definition) is 2. The molecule has 0 fully saturated rings. The van der Waals surface area contributed by atoms with Crippen molar-refractivity contribution < 1.29 is 4.74 Å². The number of rotatable bonds is 8. The van der Waals surface area contributed by atoms with Gasteiger partial charge in [0.1, 0.15) is 0 Å². The van der Waals surface area contributed by atoms with E-state index in [4.69, 9.17) is 4.74 Å². The van der Waals surface area contributed by atoms with Gasteiger partial charge in [-0.3, -0.25) is 9.67 Å². The van der Waals surface area contributed by atoms with Gasteiger partial charge in [0.25, 0.3) is 0 Å². The van der Waals surface area contributed by atoms with E-state index in [2.05, 4.69) is 32.7 Å². The van der Waals surface area contributed by atoms with Gasteiger partial charge in [-0.1, -0.05) is 0 Å². The second-order valence-corrected chi connectivity index (χ2v) is 4.59. The third-order valence-electron chi connectivity index (χ3n) is 3.05. The molecule has 0 radical (unpaired) electrons. The Morgan fingerprint density at radius 2 is 2.25 bits per heavy atom. The zero-order valence-corrected chi connectivity index (χ0v) is 12.9. The average molecular weight is 282 g/mol. The van der Waals surface area contributed by atoms with Crippen molar-refractivity contribution in [3.05, 3.63) is 18.0 Å². The SMILES string of the molecule is CN=C(NCCN(C)CCOC)NCc1ccnn1C. The Morgan fingerprint density at radius 3 is 2.85 bits per heavy atom.